The molecular weight excluding hydrogens is 242 g/mol. The lowest BCUT2D eigenvalue weighted by Gasteiger charge is -2.10. The molecule has 1 unspecified atom stereocenters. The summed E-state index contributed by atoms with van der Waals surface area (Å²) in [6.07, 6.45) is 3.90. The van der Waals surface area contributed by atoms with E-state index in [0.29, 0.717) is 6.42 Å². The molecule has 4 nitrogen and oxygen atoms in total. The Bertz CT molecular complexity index is 471. The van der Waals surface area contributed by atoms with Crippen molar-refractivity contribution in [3.8, 4) is 5.75 Å². The molecule has 0 radical (unpaired) electrons. The molecule has 0 heterocycles. The third-order valence-corrected chi connectivity index (χ3v) is 3.60. The van der Waals surface area contributed by atoms with Gasteiger partial charge in [0.1, 0.15) is 5.75 Å². The van der Waals surface area contributed by atoms with Crippen LogP contribution in [0.1, 0.15) is 29.5 Å². The van der Waals surface area contributed by atoms with Crippen LogP contribution in [0.25, 0.3) is 0 Å². The van der Waals surface area contributed by atoms with Crippen LogP contribution in [-0.2, 0) is 28.8 Å². The van der Waals surface area contributed by atoms with Crippen LogP contribution in [0.4, 0.5) is 0 Å². The van der Waals surface area contributed by atoms with Gasteiger partial charge in [0.2, 0.25) is 0 Å². The molecule has 0 fully saturated rings. The number of fused-ring (bicyclic) bond motifs is 1. The lowest BCUT2D eigenvalue weighted by molar-refractivity contribution is -0.140. The summed E-state index contributed by atoms with van der Waals surface area (Å²) in [4.78, 5) is 11.1. The van der Waals surface area contributed by atoms with Crippen molar-refractivity contribution >= 4 is 5.97 Å². The maximum absolute atomic E-state index is 11.1. The van der Waals surface area contributed by atoms with Gasteiger partial charge in [-0.1, -0.05) is 6.07 Å². The van der Waals surface area contributed by atoms with Crippen molar-refractivity contribution in [1.29, 1.82) is 0 Å². The van der Waals surface area contributed by atoms with Crippen molar-refractivity contribution in [2.24, 2.45) is 5.73 Å². The highest BCUT2D eigenvalue weighted by Gasteiger charge is 2.22. The number of esters is 1. The van der Waals surface area contributed by atoms with E-state index in [2.05, 4.69) is 16.9 Å². The van der Waals surface area contributed by atoms with E-state index in [1.165, 1.54) is 23.8 Å². The number of hydrogen-bond acceptors (Lipinski definition) is 4. The highest BCUT2D eigenvalue weighted by atomic mass is 16.5. The zero-order valence-corrected chi connectivity index (χ0v) is 11.6. The molecule has 19 heavy (non-hydrogen) atoms. The first-order valence-electron chi connectivity index (χ1n) is 6.65. The van der Waals surface area contributed by atoms with E-state index in [9.17, 15) is 4.79 Å². The number of aryl methyl sites for hydroxylation is 1. The van der Waals surface area contributed by atoms with Crippen molar-refractivity contribution in [2.45, 2.75) is 38.1 Å². The molecule has 4 heteroatoms. The van der Waals surface area contributed by atoms with Crippen LogP contribution in [-0.4, -0.2) is 26.2 Å². The van der Waals surface area contributed by atoms with Crippen LogP contribution in [0, 0.1) is 0 Å². The monoisotopic (exact) mass is 263 g/mol. The summed E-state index contributed by atoms with van der Waals surface area (Å²) >= 11 is 0. The van der Waals surface area contributed by atoms with E-state index in [0.717, 1.165) is 31.4 Å². The molecule has 0 amide bonds. The SMILES string of the molecule is COC(=O)CCCc1cc2c(c(OC)c1)CC(N)C2. The van der Waals surface area contributed by atoms with Gasteiger partial charge >= 0.3 is 5.97 Å². The van der Waals surface area contributed by atoms with E-state index < -0.39 is 0 Å². The average molecular weight is 263 g/mol. The minimum Gasteiger partial charge on any atom is -0.496 e. The van der Waals surface area contributed by atoms with Crippen LogP contribution in [0.15, 0.2) is 12.1 Å². The highest BCUT2D eigenvalue weighted by molar-refractivity contribution is 5.69. The van der Waals surface area contributed by atoms with Gasteiger partial charge < -0.3 is 15.2 Å². The Labute approximate surface area is 113 Å². The topological polar surface area (TPSA) is 61.5 Å². The van der Waals surface area contributed by atoms with E-state index >= 15 is 0 Å². The molecule has 0 aliphatic heterocycles. The minimum absolute atomic E-state index is 0.157. The molecule has 0 saturated carbocycles. The molecule has 2 rings (SSSR count). The number of methoxy groups -OCH3 is 2. The lowest BCUT2D eigenvalue weighted by Crippen LogP contribution is -2.19. The molecule has 0 saturated heterocycles. The second-order valence-electron chi connectivity index (χ2n) is 5.03. The van der Waals surface area contributed by atoms with Crippen LogP contribution in [0.3, 0.4) is 0 Å². The molecule has 1 aliphatic carbocycles. The minimum atomic E-state index is -0.157. The Balaban J connectivity index is 2.06. The number of benzene rings is 1. The van der Waals surface area contributed by atoms with Crippen molar-refractivity contribution in [3.63, 3.8) is 0 Å². The van der Waals surface area contributed by atoms with Crippen LogP contribution in [0.2, 0.25) is 0 Å². The fourth-order valence-electron chi connectivity index (χ4n) is 2.66. The zero-order valence-electron chi connectivity index (χ0n) is 11.6. The van der Waals surface area contributed by atoms with Gasteiger partial charge in [-0.2, -0.15) is 0 Å². The molecule has 1 aliphatic rings. The molecule has 0 aromatic heterocycles. The highest BCUT2D eigenvalue weighted by Crippen LogP contribution is 2.32. The number of carbonyl (C=O) groups excluding carboxylic acids is 1. The van der Waals surface area contributed by atoms with Gasteiger partial charge in [0, 0.05) is 12.5 Å². The standard InChI is InChI=1S/C15H21NO3/c1-18-14-7-10(4-3-5-15(17)19-2)6-11-8-12(16)9-13(11)14/h6-7,12H,3-5,8-9,16H2,1-2H3. The van der Waals surface area contributed by atoms with Gasteiger partial charge in [0.25, 0.3) is 0 Å². The summed E-state index contributed by atoms with van der Waals surface area (Å²) in [6, 6.07) is 4.46. The summed E-state index contributed by atoms with van der Waals surface area (Å²) in [7, 11) is 3.11. The largest absolute Gasteiger partial charge is 0.496 e. The fourth-order valence-corrected chi connectivity index (χ4v) is 2.66. The third-order valence-electron chi connectivity index (χ3n) is 3.60. The number of hydrogen-bond donors (Lipinski definition) is 1. The van der Waals surface area contributed by atoms with E-state index in [1.54, 1.807) is 7.11 Å². The smallest absolute Gasteiger partial charge is 0.305 e. The summed E-state index contributed by atoms with van der Waals surface area (Å²) in [6.45, 7) is 0. The first kappa shape index (κ1) is 13.9. The van der Waals surface area contributed by atoms with E-state index in [-0.39, 0.29) is 12.0 Å². The third kappa shape index (κ3) is 3.26. The molecule has 0 bridgehead atoms. The predicted octanol–water partition coefficient (Wildman–Crippen LogP) is 1.62. The van der Waals surface area contributed by atoms with Gasteiger partial charge in [0.05, 0.1) is 14.2 Å². The van der Waals surface area contributed by atoms with Gasteiger partial charge in [-0.25, -0.2) is 0 Å². The van der Waals surface area contributed by atoms with Crippen molar-refractivity contribution in [2.75, 3.05) is 14.2 Å². The molecule has 1 atom stereocenters. The molecule has 1 aromatic rings. The Kier molecular flexibility index (Phi) is 4.43. The Morgan fingerprint density at radius 2 is 2.16 bits per heavy atom. The second-order valence-corrected chi connectivity index (χ2v) is 5.03. The molecular formula is C15H21NO3. The fraction of sp³-hybridized carbons (Fsp3) is 0.533. The second kappa shape index (κ2) is 6.06. The number of rotatable bonds is 5. The van der Waals surface area contributed by atoms with Gasteiger partial charge in [-0.05, 0) is 48.4 Å². The summed E-state index contributed by atoms with van der Waals surface area (Å²) in [5.41, 5.74) is 9.74. The number of carbonyl (C=O) groups is 1. The van der Waals surface area contributed by atoms with E-state index in [4.69, 9.17) is 10.5 Å². The van der Waals surface area contributed by atoms with Gasteiger partial charge in [-0.15, -0.1) is 0 Å². The lowest BCUT2D eigenvalue weighted by atomic mass is 10.0. The van der Waals surface area contributed by atoms with Crippen LogP contribution < -0.4 is 10.5 Å². The maximum atomic E-state index is 11.1. The average Bonchev–Trinajstić information content (AvgIpc) is 2.77. The summed E-state index contributed by atoms with van der Waals surface area (Å²) in [5, 5.41) is 0. The van der Waals surface area contributed by atoms with Crippen molar-refractivity contribution < 1.29 is 14.3 Å². The first-order valence-corrected chi connectivity index (χ1v) is 6.65. The van der Waals surface area contributed by atoms with Crippen LogP contribution >= 0.6 is 0 Å². The summed E-state index contributed by atoms with van der Waals surface area (Å²) < 4.78 is 10.1. The Hall–Kier alpha value is -1.55. The summed E-state index contributed by atoms with van der Waals surface area (Å²) in [5.74, 6) is 0.772. The number of ether oxygens (including phenoxy) is 2. The number of nitrogens with two attached hydrogens (primary N) is 1. The van der Waals surface area contributed by atoms with Crippen LogP contribution in [0.5, 0.6) is 5.75 Å². The molecule has 1 aromatic carbocycles. The van der Waals surface area contributed by atoms with E-state index in [1.807, 2.05) is 0 Å². The van der Waals surface area contributed by atoms with Crippen molar-refractivity contribution in [1.82, 2.24) is 0 Å². The molecule has 2 N–H and O–H groups in total. The predicted molar refractivity (Wildman–Crippen MR) is 73.3 cm³/mol. The molecule has 104 valence electrons. The quantitative estimate of drug-likeness (QED) is 0.820. The zero-order chi connectivity index (χ0) is 13.8. The molecule has 0 spiro atoms. The van der Waals surface area contributed by atoms with Gasteiger partial charge in [-0.3, -0.25) is 4.79 Å². The van der Waals surface area contributed by atoms with Gasteiger partial charge in [0.15, 0.2) is 0 Å². The normalized spacial score (nSPS) is 17.1. The Morgan fingerprint density at radius 1 is 1.37 bits per heavy atom. The maximum Gasteiger partial charge on any atom is 0.305 e. The first-order chi connectivity index (χ1) is 9.13. The van der Waals surface area contributed by atoms with Crippen molar-refractivity contribution in [3.05, 3.63) is 28.8 Å². The Morgan fingerprint density at radius 3 is 2.84 bits per heavy atom.